The fourth-order valence-electron chi connectivity index (χ4n) is 2.00. The first-order valence-electron chi connectivity index (χ1n) is 7.77. The standard InChI is InChI=1S/C17H21FN4O/c1-2-3-4-9-19-16-12-20-15(11-21-16)17(23)22-10-13-5-7-14(18)8-6-13/h5-8,11-12H,2-4,9-10H2,1H3,(H,19,21)(H,22,23). The summed E-state index contributed by atoms with van der Waals surface area (Å²) in [6.07, 6.45) is 6.42. The number of carbonyl (C=O) groups is 1. The Labute approximate surface area is 135 Å². The summed E-state index contributed by atoms with van der Waals surface area (Å²) in [6.45, 7) is 3.32. The Hall–Kier alpha value is -2.50. The van der Waals surface area contributed by atoms with Gasteiger partial charge in [-0.1, -0.05) is 31.9 Å². The van der Waals surface area contributed by atoms with Crippen molar-refractivity contribution in [3.8, 4) is 0 Å². The van der Waals surface area contributed by atoms with Gasteiger partial charge in [-0.15, -0.1) is 0 Å². The lowest BCUT2D eigenvalue weighted by molar-refractivity contribution is 0.0945. The lowest BCUT2D eigenvalue weighted by atomic mass is 10.2. The van der Waals surface area contributed by atoms with Crippen LogP contribution in [0.1, 0.15) is 42.2 Å². The number of anilines is 1. The number of amides is 1. The maximum Gasteiger partial charge on any atom is 0.271 e. The number of hydrogen-bond acceptors (Lipinski definition) is 4. The van der Waals surface area contributed by atoms with Crippen LogP contribution in [0.15, 0.2) is 36.7 Å². The first-order chi connectivity index (χ1) is 11.2. The van der Waals surface area contributed by atoms with Crippen molar-refractivity contribution in [3.05, 3.63) is 53.7 Å². The number of halogens is 1. The number of nitrogens with one attached hydrogen (secondary N) is 2. The zero-order chi connectivity index (χ0) is 16.5. The first kappa shape index (κ1) is 16.9. The van der Waals surface area contributed by atoms with Crippen molar-refractivity contribution in [2.45, 2.75) is 32.7 Å². The fourth-order valence-corrected chi connectivity index (χ4v) is 2.00. The number of rotatable bonds is 8. The third-order valence-corrected chi connectivity index (χ3v) is 3.34. The van der Waals surface area contributed by atoms with Gasteiger partial charge < -0.3 is 10.6 Å². The largest absolute Gasteiger partial charge is 0.369 e. The summed E-state index contributed by atoms with van der Waals surface area (Å²) in [5.41, 5.74) is 1.08. The number of benzene rings is 1. The van der Waals surface area contributed by atoms with Crippen LogP contribution < -0.4 is 10.6 Å². The second kappa shape index (κ2) is 8.82. The molecule has 5 nitrogen and oxygen atoms in total. The first-order valence-corrected chi connectivity index (χ1v) is 7.77. The average molecular weight is 316 g/mol. The molecule has 0 atom stereocenters. The third kappa shape index (κ3) is 5.65. The van der Waals surface area contributed by atoms with Gasteiger partial charge in [0.2, 0.25) is 0 Å². The Kier molecular flexibility index (Phi) is 6.47. The van der Waals surface area contributed by atoms with Crippen molar-refractivity contribution in [2.75, 3.05) is 11.9 Å². The highest BCUT2D eigenvalue weighted by molar-refractivity contribution is 5.91. The molecular weight excluding hydrogens is 295 g/mol. The minimum absolute atomic E-state index is 0.256. The van der Waals surface area contributed by atoms with E-state index in [1.54, 1.807) is 18.3 Å². The van der Waals surface area contributed by atoms with Crippen LogP contribution in [0, 0.1) is 5.82 Å². The molecule has 0 saturated carbocycles. The highest BCUT2D eigenvalue weighted by atomic mass is 19.1. The number of unbranched alkanes of at least 4 members (excludes halogenated alkanes) is 2. The molecule has 2 aromatic rings. The molecule has 1 heterocycles. The van der Waals surface area contributed by atoms with Crippen LogP contribution in [0.5, 0.6) is 0 Å². The van der Waals surface area contributed by atoms with Gasteiger partial charge in [0, 0.05) is 13.1 Å². The molecule has 23 heavy (non-hydrogen) atoms. The summed E-state index contributed by atoms with van der Waals surface area (Å²) in [7, 11) is 0. The van der Waals surface area contributed by atoms with Gasteiger partial charge in [-0.05, 0) is 24.1 Å². The molecule has 0 fully saturated rings. The van der Waals surface area contributed by atoms with Crippen molar-refractivity contribution >= 4 is 11.7 Å². The summed E-state index contributed by atoms with van der Waals surface area (Å²) >= 11 is 0. The molecule has 0 aliphatic rings. The molecule has 0 bridgehead atoms. The fraction of sp³-hybridized carbons (Fsp3) is 0.353. The number of hydrogen-bond donors (Lipinski definition) is 2. The van der Waals surface area contributed by atoms with E-state index in [9.17, 15) is 9.18 Å². The van der Waals surface area contributed by atoms with Crippen molar-refractivity contribution in [1.29, 1.82) is 0 Å². The van der Waals surface area contributed by atoms with Crippen LogP contribution in [-0.2, 0) is 6.54 Å². The predicted octanol–water partition coefficient (Wildman–Crippen LogP) is 3.15. The van der Waals surface area contributed by atoms with E-state index in [-0.39, 0.29) is 17.4 Å². The highest BCUT2D eigenvalue weighted by Gasteiger charge is 2.07. The molecule has 0 spiro atoms. The zero-order valence-electron chi connectivity index (χ0n) is 13.2. The lowest BCUT2D eigenvalue weighted by Gasteiger charge is -2.07. The van der Waals surface area contributed by atoms with Gasteiger partial charge in [-0.3, -0.25) is 4.79 Å². The maximum atomic E-state index is 12.8. The molecule has 0 saturated heterocycles. The summed E-state index contributed by atoms with van der Waals surface area (Å²) in [5.74, 6) is 0.0588. The SMILES string of the molecule is CCCCCNc1cnc(C(=O)NCc2ccc(F)cc2)cn1. The molecule has 1 aromatic heterocycles. The molecule has 0 unspecified atom stereocenters. The van der Waals surface area contributed by atoms with Gasteiger partial charge >= 0.3 is 0 Å². The van der Waals surface area contributed by atoms with Crippen molar-refractivity contribution in [2.24, 2.45) is 0 Å². The highest BCUT2D eigenvalue weighted by Crippen LogP contribution is 2.05. The van der Waals surface area contributed by atoms with Gasteiger partial charge in [0.1, 0.15) is 17.3 Å². The van der Waals surface area contributed by atoms with Crippen molar-refractivity contribution in [3.63, 3.8) is 0 Å². The van der Waals surface area contributed by atoms with E-state index in [1.807, 2.05) is 0 Å². The van der Waals surface area contributed by atoms with Gasteiger partial charge in [-0.25, -0.2) is 14.4 Å². The van der Waals surface area contributed by atoms with Crippen LogP contribution >= 0.6 is 0 Å². The Morgan fingerprint density at radius 1 is 1.13 bits per heavy atom. The summed E-state index contributed by atoms with van der Waals surface area (Å²) in [6, 6.07) is 5.98. The third-order valence-electron chi connectivity index (χ3n) is 3.34. The van der Waals surface area contributed by atoms with Crippen LogP contribution in [0.2, 0.25) is 0 Å². The molecule has 0 aliphatic heterocycles. The van der Waals surface area contributed by atoms with E-state index in [1.165, 1.54) is 31.2 Å². The van der Waals surface area contributed by atoms with E-state index in [0.717, 1.165) is 18.5 Å². The summed E-state index contributed by atoms with van der Waals surface area (Å²) < 4.78 is 12.8. The summed E-state index contributed by atoms with van der Waals surface area (Å²) in [5, 5.41) is 5.90. The van der Waals surface area contributed by atoms with E-state index >= 15 is 0 Å². The molecule has 2 rings (SSSR count). The molecule has 0 radical (unpaired) electrons. The Morgan fingerprint density at radius 2 is 1.91 bits per heavy atom. The van der Waals surface area contributed by atoms with Crippen molar-refractivity contribution < 1.29 is 9.18 Å². The lowest BCUT2D eigenvalue weighted by Crippen LogP contribution is -2.24. The normalized spacial score (nSPS) is 10.3. The van der Waals surface area contributed by atoms with Crippen LogP contribution in [0.25, 0.3) is 0 Å². The Bertz CT molecular complexity index is 613. The molecule has 1 amide bonds. The number of nitrogens with zero attached hydrogens (tertiary/aromatic N) is 2. The van der Waals surface area contributed by atoms with Gasteiger partial charge in [0.05, 0.1) is 12.4 Å². The Morgan fingerprint density at radius 3 is 2.57 bits per heavy atom. The van der Waals surface area contributed by atoms with Crippen LogP contribution in [0.4, 0.5) is 10.2 Å². The molecule has 6 heteroatoms. The minimum Gasteiger partial charge on any atom is -0.369 e. The molecular formula is C17H21FN4O. The van der Waals surface area contributed by atoms with Crippen molar-refractivity contribution in [1.82, 2.24) is 15.3 Å². The van der Waals surface area contributed by atoms with Gasteiger partial charge in [0.15, 0.2) is 0 Å². The number of carbonyl (C=O) groups excluding carboxylic acids is 1. The average Bonchev–Trinajstić information content (AvgIpc) is 2.58. The quantitative estimate of drug-likeness (QED) is 0.734. The van der Waals surface area contributed by atoms with Gasteiger partial charge in [-0.2, -0.15) is 0 Å². The molecule has 2 N–H and O–H groups in total. The predicted molar refractivity (Wildman–Crippen MR) is 87.6 cm³/mol. The van der Waals surface area contributed by atoms with E-state index in [0.29, 0.717) is 12.4 Å². The minimum atomic E-state index is -0.306. The van der Waals surface area contributed by atoms with Crippen LogP contribution in [0.3, 0.4) is 0 Å². The van der Waals surface area contributed by atoms with E-state index < -0.39 is 0 Å². The maximum absolute atomic E-state index is 12.8. The molecule has 0 aliphatic carbocycles. The zero-order valence-corrected chi connectivity index (χ0v) is 13.2. The molecule has 122 valence electrons. The van der Waals surface area contributed by atoms with Gasteiger partial charge in [0.25, 0.3) is 5.91 Å². The smallest absolute Gasteiger partial charge is 0.271 e. The van der Waals surface area contributed by atoms with Crippen LogP contribution in [-0.4, -0.2) is 22.4 Å². The second-order valence-electron chi connectivity index (χ2n) is 5.23. The summed E-state index contributed by atoms with van der Waals surface area (Å²) in [4.78, 5) is 20.3. The molecule has 1 aromatic carbocycles. The Balaban J connectivity index is 1.81. The number of aromatic nitrogens is 2. The van der Waals surface area contributed by atoms with E-state index in [4.69, 9.17) is 0 Å². The monoisotopic (exact) mass is 316 g/mol. The topological polar surface area (TPSA) is 66.9 Å². The van der Waals surface area contributed by atoms with E-state index in [2.05, 4.69) is 27.5 Å². The second-order valence-corrected chi connectivity index (χ2v) is 5.23.